The van der Waals surface area contributed by atoms with Crippen LogP contribution < -0.4 is 0 Å². The molecular weight excluding hydrogens is 452 g/mol. The minimum atomic E-state index is -1.05. The Morgan fingerprint density at radius 1 is 1.03 bits per heavy atom. The van der Waals surface area contributed by atoms with E-state index in [0.29, 0.717) is 10.9 Å². The van der Waals surface area contributed by atoms with Crippen LogP contribution in [0.1, 0.15) is 101 Å². The zero-order chi connectivity index (χ0) is 25.5. The van der Waals surface area contributed by atoms with Crippen LogP contribution in [0.4, 0.5) is 0 Å². The van der Waals surface area contributed by atoms with Crippen LogP contribution in [0.5, 0.6) is 0 Å². The summed E-state index contributed by atoms with van der Waals surface area (Å²) in [5, 5.41) is 29.0. The number of carboxylic acids is 2. The second-order valence-corrected chi connectivity index (χ2v) is 10.2. The van der Waals surface area contributed by atoms with Gasteiger partial charge in [0.05, 0.1) is 17.0 Å². The molecule has 0 bridgehead atoms. The number of unbranched alkanes of at least 4 members (excludes halogenated alkanes) is 8. The Bertz CT molecular complexity index is 827. The highest BCUT2D eigenvalue weighted by atomic mass is 32.2. The molecule has 0 amide bonds. The van der Waals surface area contributed by atoms with Crippen LogP contribution >= 0.6 is 11.8 Å². The molecule has 0 aliphatic carbocycles. The van der Waals surface area contributed by atoms with Gasteiger partial charge in [-0.25, -0.2) is 9.78 Å². The molecule has 192 valence electrons. The van der Waals surface area contributed by atoms with Crippen LogP contribution in [0.2, 0.25) is 0 Å². The minimum absolute atomic E-state index is 0.113. The number of aliphatic carboxylic acids is 1. The van der Waals surface area contributed by atoms with E-state index in [-0.39, 0.29) is 18.5 Å². The molecule has 2 atom stereocenters. The number of aliphatic hydroxyl groups is 1. The minimum Gasteiger partial charge on any atom is -0.481 e. The fraction of sp³-hybridized carbons (Fsp3) is 0.654. The van der Waals surface area contributed by atoms with Crippen molar-refractivity contribution in [2.45, 2.75) is 108 Å². The second-order valence-electron chi connectivity index (χ2n) is 9.04. The number of nitrogens with zero attached hydrogens (tertiary/aromatic N) is 2. The van der Waals surface area contributed by atoms with Gasteiger partial charge in [0.1, 0.15) is 0 Å². The van der Waals surface area contributed by atoms with E-state index in [4.69, 9.17) is 5.11 Å². The lowest BCUT2D eigenvalue weighted by atomic mass is 10.1. The van der Waals surface area contributed by atoms with Crippen molar-refractivity contribution in [2.24, 2.45) is 7.05 Å². The fourth-order valence-electron chi connectivity index (χ4n) is 3.73. The Hall–Kier alpha value is -2.06. The Morgan fingerprint density at radius 2 is 1.62 bits per heavy atom. The van der Waals surface area contributed by atoms with Crippen molar-refractivity contribution < 1.29 is 24.9 Å². The van der Waals surface area contributed by atoms with Gasteiger partial charge in [-0.15, -0.1) is 0 Å². The van der Waals surface area contributed by atoms with E-state index in [1.54, 1.807) is 14.0 Å². The largest absolute Gasteiger partial charge is 0.481 e. The van der Waals surface area contributed by atoms with Gasteiger partial charge >= 0.3 is 11.9 Å². The Morgan fingerprint density at radius 3 is 2.15 bits per heavy atom. The van der Waals surface area contributed by atoms with E-state index in [1.807, 2.05) is 12.2 Å². The Labute approximate surface area is 208 Å². The summed E-state index contributed by atoms with van der Waals surface area (Å²) < 4.78 is 1.51. The van der Waals surface area contributed by atoms with Gasteiger partial charge in [0.25, 0.3) is 0 Å². The number of aryl methyl sites for hydroxylation is 1. The number of aromatic carboxylic acids is 1. The van der Waals surface area contributed by atoms with Gasteiger partial charge in [0, 0.05) is 13.5 Å². The van der Waals surface area contributed by atoms with Crippen LogP contribution in [0.15, 0.2) is 29.0 Å². The summed E-state index contributed by atoms with van der Waals surface area (Å²) in [6.45, 7) is 5.92. The van der Waals surface area contributed by atoms with Crippen molar-refractivity contribution in [1.82, 2.24) is 9.55 Å². The average molecular weight is 495 g/mol. The molecule has 8 heteroatoms. The third-order valence-electron chi connectivity index (χ3n) is 5.66. The van der Waals surface area contributed by atoms with Gasteiger partial charge in [-0.2, -0.15) is 0 Å². The van der Waals surface area contributed by atoms with Gasteiger partial charge in [-0.05, 0) is 52.9 Å². The van der Waals surface area contributed by atoms with E-state index in [1.165, 1.54) is 60.4 Å². The first-order chi connectivity index (χ1) is 16.1. The Kier molecular flexibility index (Phi) is 14.6. The number of aromatic nitrogens is 2. The van der Waals surface area contributed by atoms with Gasteiger partial charge in [0.15, 0.2) is 10.9 Å². The number of thioether (sulfide) groups is 1. The van der Waals surface area contributed by atoms with Gasteiger partial charge in [0.2, 0.25) is 0 Å². The van der Waals surface area contributed by atoms with Crippen molar-refractivity contribution in [3.63, 3.8) is 0 Å². The molecule has 0 aromatic carbocycles. The predicted molar refractivity (Wildman–Crippen MR) is 138 cm³/mol. The highest BCUT2D eigenvalue weighted by molar-refractivity contribution is 8.00. The molecule has 2 unspecified atom stereocenters. The molecule has 7 nitrogen and oxygen atoms in total. The second kappa shape index (κ2) is 16.5. The molecule has 0 fully saturated rings. The first-order valence-electron chi connectivity index (χ1n) is 12.3. The normalized spacial score (nSPS) is 13.2. The SMILES string of the molecule is CC(C)=CCCCCCCCCCC=CC(Sc1nc(C)c(C(=O)O)n1C)C(O)CCC(=O)O. The number of carbonyl (C=O) groups is 2. The third-order valence-corrected chi connectivity index (χ3v) is 6.98. The van der Waals surface area contributed by atoms with E-state index >= 15 is 0 Å². The predicted octanol–water partition coefficient (Wildman–Crippen LogP) is 6.15. The summed E-state index contributed by atoms with van der Waals surface area (Å²) in [5.74, 6) is -2.00. The highest BCUT2D eigenvalue weighted by Crippen LogP contribution is 2.29. The molecule has 1 aromatic heterocycles. The molecule has 3 N–H and O–H groups in total. The topological polar surface area (TPSA) is 113 Å². The summed E-state index contributed by atoms with van der Waals surface area (Å²) in [4.78, 5) is 26.7. The lowest BCUT2D eigenvalue weighted by Gasteiger charge is -2.18. The number of carboxylic acid groups (broad SMARTS) is 2. The van der Waals surface area contributed by atoms with Crippen LogP contribution in [-0.4, -0.2) is 48.2 Å². The average Bonchev–Trinajstić information content (AvgIpc) is 3.04. The molecule has 0 aliphatic heterocycles. The number of hydrogen-bond donors (Lipinski definition) is 3. The summed E-state index contributed by atoms with van der Waals surface area (Å²) in [6.07, 6.45) is 16.0. The molecular formula is C26H42N2O5S. The standard InChI is InChI=1S/C26H42N2O5S/c1-19(2)15-13-11-9-7-5-6-8-10-12-14-16-22(21(29)17-18-23(30)31)34-26-27-20(3)24(25(32)33)28(26)4/h14-16,21-22,29H,5-13,17-18H2,1-4H3,(H,30,31)(H,32,33). The zero-order valence-electron chi connectivity index (χ0n) is 21.1. The van der Waals surface area contributed by atoms with E-state index in [2.05, 4.69) is 24.9 Å². The zero-order valence-corrected chi connectivity index (χ0v) is 21.9. The number of allylic oxidation sites excluding steroid dienone is 3. The smallest absolute Gasteiger partial charge is 0.354 e. The number of hydrogen-bond acceptors (Lipinski definition) is 5. The third kappa shape index (κ3) is 11.9. The van der Waals surface area contributed by atoms with E-state index < -0.39 is 23.3 Å². The van der Waals surface area contributed by atoms with E-state index in [0.717, 1.165) is 19.3 Å². The lowest BCUT2D eigenvalue weighted by Crippen LogP contribution is -2.23. The summed E-state index contributed by atoms with van der Waals surface area (Å²) in [5.41, 5.74) is 1.92. The molecule has 0 spiro atoms. The van der Waals surface area contributed by atoms with Crippen molar-refractivity contribution in [3.8, 4) is 0 Å². The van der Waals surface area contributed by atoms with Crippen LogP contribution in [0, 0.1) is 6.92 Å². The molecule has 0 saturated heterocycles. The van der Waals surface area contributed by atoms with Gasteiger partial charge < -0.3 is 19.9 Å². The molecule has 34 heavy (non-hydrogen) atoms. The maximum Gasteiger partial charge on any atom is 0.354 e. The quantitative estimate of drug-likeness (QED) is 0.127. The first kappa shape index (κ1) is 30.0. The van der Waals surface area contributed by atoms with Crippen molar-refractivity contribution in [2.75, 3.05) is 0 Å². The number of rotatable bonds is 18. The summed E-state index contributed by atoms with van der Waals surface area (Å²) >= 11 is 1.27. The number of imidazole rings is 1. The van der Waals surface area contributed by atoms with Crippen molar-refractivity contribution in [3.05, 3.63) is 35.2 Å². The maximum absolute atomic E-state index is 11.5. The lowest BCUT2D eigenvalue weighted by molar-refractivity contribution is -0.137. The highest BCUT2D eigenvalue weighted by Gasteiger charge is 2.24. The molecule has 0 aliphatic rings. The monoisotopic (exact) mass is 494 g/mol. The molecule has 1 heterocycles. The van der Waals surface area contributed by atoms with Crippen molar-refractivity contribution >= 4 is 23.7 Å². The number of aliphatic hydroxyl groups excluding tert-OH is 1. The summed E-state index contributed by atoms with van der Waals surface area (Å²) in [7, 11) is 1.64. The van der Waals surface area contributed by atoms with Crippen LogP contribution in [-0.2, 0) is 11.8 Å². The molecule has 0 radical (unpaired) electrons. The Balaban J connectivity index is 2.52. The van der Waals surface area contributed by atoms with Crippen molar-refractivity contribution in [1.29, 1.82) is 0 Å². The van der Waals surface area contributed by atoms with E-state index in [9.17, 15) is 19.8 Å². The van der Waals surface area contributed by atoms with Gasteiger partial charge in [-0.3, -0.25) is 4.79 Å². The van der Waals surface area contributed by atoms with Crippen LogP contribution in [0.3, 0.4) is 0 Å². The van der Waals surface area contributed by atoms with Gasteiger partial charge in [-0.1, -0.05) is 67.7 Å². The molecule has 1 rings (SSSR count). The fourth-order valence-corrected chi connectivity index (χ4v) is 4.89. The maximum atomic E-state index is 11.5. The summed E-state index contributed by atoms with van der Waals surface area (Å²) in [6, 6.07) is 0. The molecule has 0 saturated carbocycles. The first-order valence-corrected chi connectivity index (χ1v) is 13.1. The van der Waals surface area contributed by atoms with Crippen LogP contribution in [0.25, 0.3) is 0 Å². The molecule has 1 aromatic rings.